The van der Waals surface area contributed by atoms with E-state index in [1.807, 2.05) is 43.0 Å². The van der Waals surface area contributed by atoms with Crippen molar-refractivity contribution in [3.8, 4) is 0 Å². The van der Waals surface area contributed by atoms with Crippen molar-refractivity contribution in [3.63, 3.8) is 0 Å². The Morgan fingerprint density at radius 3 is 2.59 bits per heavy atom. The second kappa shape index (κ2) is 9.13. The van der Waals surface area contributed by atoms with Crippen LogP contribution in [-0.2, 0) is 4.79 Å². The van der Waals surface area contributed by atoms with E-state index in [9.17, 15) is 9.59 Å². The molecule has 0 bridgehead atoms. The maximum Gasteiger partial charge on any atom is 0.255 e. The first-order valence-corrected chi connectivity index (χ1v) is 11.4. The molecule has 1 aliphatic heterocycles. The van der Waals surface area contributed by atoms with Crippen LogP contribution >= 0.6 is 11.8 Å². The van der Waals surface area contributed by atoms with Crippen molar-refractivity contribution in [2.45, 2.75) is 76.8 Å². The van der Waals surface area contributed by atoms with E-state index in [1.165, 1.54) is 19.3 Å². The molecule has 148 valence electrons. The highest BCUT2D eigenvalue weighted by Gasteiger charge is 2.45. The molecule has 4 nitrogen and oxygen atoms in total. The zero-order valence-corrected chi connectivity index (χ0v) is 17.6. The second-order valence-electron chi connectivity index (χ2n) is 7.98. The van der Waals surface area contributed by atoms with E-state index in [-0.39, 0.29) is 29.3 Å². The van der Waals surface area contributed by atoms with E-state index in [4.69, 9.17) is 0 Å². The number of amides is 2. The van der Waals surface area contributed by atoms with Gasteiger partial charge in [-0.3, -0.25) is 9.59 Å². The Hall–Kier alpha value is -1.49. The molecule has 2 amide bonds. The standard InChI is InChI=1S/C22H32N2O2S/c1-4-16(3)23-20(25)19-14-27-22(17-11-6-5-7-12-17)24(19)21(26)18-13-9-8-10-15(18)2/h8-10,13,16-17,19,22H,4-7,11-12,14H2,1-3H3,(H,23,25). The SMILES string of the molecule is CCC(C)NC(=O)C1CSC(C2CCCCC2)N1C(=O)c1ccccc1C. The topological polar surface area (TPSA) is 49.4 Å². The van der Waals surface area contributed by atoms with Crippen LogP contribution in [0.25, 0.3) is 0 Å². The number of nitrogens with one attached hydrogen (secondary N) is 1. The third kappa shape index (κ3) is 4.50. The van der Waals surface area contributed by atoms with Gasteiger partial charge >= 0.3 is 0 Å². The molecule has 0 spiro atoms. The predicted molar refractivity (Wildman–Crippen MR) is 112 cm³/mol. The number of aryl methyl sites for hydroxylation is 1. The molecule has 2 aliphatic rings. The summed E-state index contributed by atoms with van der Waals surface area (Å²) in [5, 5.41) is 3.22. The summed E-state index contributed by atoms with van der Waals surface area (Å²) in [5.41, 5.74) is 1.70. The molecular formula is C22H32N2O2S. The maximum atomic E-state index is 13.5. The van der Waals surface area contributed by atoms with Crippen LogP contribution in [0.1, 0.15) is 68.3 Å². The molecule has 1 aromatic rings. The van der Waals surface area contributed by atoms with Crippen LogP contribution in [0, 0.1) is 12.8 Å². The summed E-state index contributed by atoms with van der Waals surface area (Å²) in [6, 6.07) is 7.49. The number of benzene rings is 1. The molecule has 2 fully saturated rings. The summed E-state index contributed by atoms with van der Waals surface area (Å²) in [4.78, 5) is 28.4. The Bertz CT molecular complexity index is 672. The van der Waals surface area contributed by atoms with Crippen molar-refractivity contribution >= 4 is 23.6 Å². The Labute approximate surface area is 167 Å². The molecule has 1 aromatic carbocycles. The molecule has 5 heteroatoms. The molecule has 1 N–H and O–H groups in total. The lowest BCUT2D eigenvalue weighted by atomic mass is 9.88. The van der Waals surface area contributed by atoms with Crippen LogP contribution in [-0.4, -0.2) is 39.9 Å². The summed E-state index contributed by atoms with van der Waals surface area (Å²) >= 11 is 1.80. The normalized spacial score (nSPS) is 24.6. The van der Waals surface area contributed by atoms with Gasteiger partial charge in [0, 0.05) is 17.4 Å². The average molecular weight is 389 g/mol. The Balaban J connectivity index is 1.88. The van der Waals surface area contributed by atoms with Gasteiger partial charge in [0.2, 0.25) is 5.91 Å². The van der Waals surface area contributed by atoms with Crippen molar-refractivity contribution in [3.05, 3.63) is 35.4 Å². The zero-order valence-electron chi connectivity index (χ0n) is 16.7. The Morgan fingerprint density at radius 2 is 1.93 bits per heavy atom. The van der Waals surface area contributed by atoms with Gasteiger partial charge in [0.1, 0.15) is 6.04 Å². The van der Waals surface area contributed by atoms with Crippen molar-refractivity contribution in [2.24, 2.45) is 5.92 Å². The summed E-state index contributed by atoms with van der Waals surface area (Å²) in [7, 11) is 0. The first-order valence-electron chi connectivity index (χ1n) is 10.3. The quantitative estimate of drug-likeness (QED) is 0.815. The molecule has 3 unspecified atom stereocenters. The summed E-state index contributed by atoms with van der Waals surface area (Å²) < 4.78 is 0. The third-order valence-electron chi connectivity index (χ3n) is 6.00. The lowest BCUT2D eigenvalue weighted by Gasteiger charge is -2.36. The van der Waals surface area contributed by atoms with Crippen molar-refractivity contribution < 1.29 is 9.59 Å². The highest BCUT2D eigenvalue weighted by atomic mass is 32.2. The summed E-state index contributed by atoms with van der Waals surface area (Å²) in [5.74, 6) is 1.20. The first kappa shape index (κ1) is 20.2. The largest absolute Gasteiger partial charge is 0.352 e. The number of hydrogen-bond acceptors (Lipinski definition) is 3. The van der Waals surface area contributed by atoms with Gasteiger partial charge in [0.25, 0.3) is 5.91 Å². The van der Waals surface area contributed by atoms with E-state index in [0.29, 0.717) is 11.7 Å². The maximum absolute atomic E-state index is 13.5. The van der Waals surface area contributed by atoms with Crippen molar-refractivity contribution in [2.75, 3.05) is 5.75 Å². The van der Waals surface area contributed by atoms with E-state index >= 15 is 0 Å². The number of carbonyl (C=O) groups excluding carboxylic acids is 2. The van der Waals surface area contributed by atoms with Gasteiger partial charge in [-0.15, -0.1) is 11.8 Å². The minimum Gasteiger partial charge on any atom is -0.352 e. The van der Waals surface area contributed by atoms with Crippen molar-refractivity contribution in [1.29, 1.82) is 0 Å². The van der Waals surface area contributed by atoms with Crippen LogP contribution in [0.3, 0.4) is 0 Å². The molecule has 3 atom stereocenters. The average Bonchev–Trinajstić information content (AvgIpc) is 3.13. The highest BCUT2D eigenvalue weighted by Crippen LogP contribution is 2.41. The lowest BCUT2D eigenvalue weighted by Crippen LogP contribution is -2.52. The molecule has 27 heavy (non-hydrogen) atoms. The number of nitrogens with zero attached hydrogens (tertiary/aromatic N) is 1. The van der Waals surface area contributed by atoms with Gasteiger partial charge in [0.15, 0.2) is 0 Å². The molecule has 1 saturated carbocycles. The van der Waals surface area contributed by atoms with Crippen LogP contribution in [0.2, 0.25) is 0 Å². The monoisotopic (exact) mass is 388 g/mol. The fourth-order valence-electron chi connectivity index (χ4n) is 4.16. The Kier molecular flexibility index (Phi) is 6.85. The van der Waals surface area contributed by atoms with E-state index in [2.05, 4.69) is 12.2 Å². The first-order chi connectivity index (χ1) is 13.0. The van der Waals surface area contributed by atoms with E-state index in [0.717, 1.165) is 30.4 Å². The van der Waals surface area contributed by atoms with E-state index in [1.54, 1.807) is 11.8 Å². The van der Waals surface area contributed by atoms with Crippen LogP contribution in [0.5, 0.6) is 0 Å². The molecule has 1 aliphatic carbocycles. The number of thioether (sulfide) groups is 1. The molecule has 1 heterocycles. The third-order valence-corrected chi connectivity index (χ3v) is 7.46. The highest BCUT2D eigenvalue weighted by molar-refractivity contribution is 8.00. The van der Waals surface area contributed by atoms with Crippen LogP contribution < -0.4 is 5.32 Å². The fourth-order valence-corrected chi connectivity index (χ4v) is 5.80. The molecule has 0 radical (unpaired) electrons. The number of carbonyl (C=O) groups is 2. The summed E-state index contributed by atoms with van der Waals surface area (Å²) in [6.45, 7) is 6.06. The number of rotatable bonds is 5. The zero-order chi connectivity index (χ0) is 19.4. The van der Waals surface area contributed by atoms with Gasteiger partial charge in [0.05, 0.1) is 5.37 Å². The smallest absolute Gasteiger partial charge is 0.255 e. The van der Waals surface area contributed by atoms with Crippen molar-refractivity contribution in [1.82, 2.24) is 10.2 Å². The Morgan fingerprint density at radius 1 is 1.22 bits per heavy atom. The van der Waals surface area contributed by atoms with E-state index < -0.39 is 0 Å². The van der Waals surface area contributed by atoms with Gasteiger partial charge in [-0.1, -0.05) is 44.4 Å². The molecular weight excluding hydrogens is 356 g/mol. The summed E-state index contributed by atoms with van der Waals surface area (Å²) in [6.07, 6.45) is 6.97. The predicted octanol–water partition coefficient (Wildman–Crippen LogP) is 4.37. The minimum absolute atomic E-state index is 0.00269. The minimum atomic E-state index is -0.372. The molecule has 1 saturated heterocycles. The van der Waals surface area contributed by atoms with Gasteiger partial charge in [-0.2, -0.15) is 0 Å². The molecule has 3 rings (SSSR count). The van der Waals surface area contributed by atoms with Crippen LogP contribution in [0.4, 0.5) is 0 Å². The van der Waals surface area contributed by atoms with Gasteiger partial charge < -0.3 is 10.2 Å². The fraction of sp³-hybridized carbons (Fsp3) is 0.636. The van der Waals surface area contributed by atoms with Crippen LogP contribution in [0.15, 0.2) is 24.3 Å². The van der Waals surface area contributed by atoms with Gasteiger partial charge in [-0.25, -0.2) is 0 Å². The second-order valence-corrected chi connectivity index (χ2v) is 9.13. The van der Waals surface area contributed by atoms with Gasteiger partial charge in [-0.05, 0) is 50.7 Å². The lowest BCUT2D eigenvalue weighted by molar-refractivity contribution is -0.125. The number of hydrogen-bond donors (Lipinski definition) is 1. The molecule has 0 aromatic heterocycles.